The summed E-state index contributed by atoms with van der Waals surface area (Å²) in [5, 5.41) is 12.1. The summed E-state index contributed by atoms with van der Waals surface area (Å²) in [6, 6.07) is 13.3. The van der Waals surface area contributed by atoms with Crippen molar-refractivity contribution in [3.63, 3.8) is 0 Å². The molecule has 126 valence electrons. The average Bonchev–Trinajstić information content (AvgIpc) is 2.60. The lowest BCUT2D eigenvalue weighted by Crippen LogP contribution is -2.26. The summed E-state index contributed by atoms with van der Waals surface area (Å²) >= 11 is 0. The Kier molecular flexibility index (Phi) is 5.95. The second kappa shape index (κ2) is 8.15. The SMILES string of the molecule is COc1ccc(C(=O)CCC(=O)NC(C)c2ccc(O)cc2)cc1. The molecule has 1 unspecified atom stereocenters. The quantitative estimate of drug-likeness (QED) is 0.766. The monoisotopic (exact) mass is 327 g/mol. The molecule has 0 saturated carbocycles. The molecule has 0 aliphatic rings. The molecular weight excluding hydrogens is 306 g/mol. The number of nitrogens with one attached hydrogen (secondary N) is 1. The van der Waals surface area contributed by atoms with E-state index in [0.29, 0.717) is 11.3 Å². The highest BCUT2D eigenvalue weighted by Gasteiger charge is 2.12. The number of carbonyl (C=O) groups excluding carboxylic acids is 2. The van der Waals surface area contributed by atoms with E-state index in [-0.39, 0.29) is 36.3 Å². The van der Waals surface area contributed by atoms with Crippen molar-refractivity contribution in [3.05, 3.63) is 59.7 Å². The summed E-state index contributed by atoms with van der Waals surface area (Å²) in [6.45, 7) is 1.86. The summed E-state index contributed by atoms with van der Waals surface area (Å²) in [4.78, 5) is 24.1. The largest absolute Gasteiger partial charge is 0.508 e. The minimum absolute atomic E-state index is 0.0786. The van der Waals surface area contributed by atoms with Gasteiger partial charge in [0.05, 0.1) is 13.2 Å². The van der Waals surface area contributed by atoms with E-state index in [0.717, 1.165) is 5.56 Å². The zero-order valence-corrected chi connectivity index (χ0v) is 13.8. The molecule has 0 saturated heterocycles. The third-order valence-corrected chi connectivity index (χ3v) is 3.76. The Hall–Kier alpha value is -2.82. The molecule has 0 aromatic heterocycles. The average molecular weight is 327 g/mol. The van der Waals surface area contributed by atoms with Gasteiger partial charge in [0.25, 0.3) is 0 Å². The minimum Gasteiger partial charge on any atom is -0.508 e. The van der Waals surface area contributed by atoms with Crippen molar-refractivity contribution in [3.8, 4) is 11.5 Å². The lowest BCUT2D eigenvalue weighted by atomic mass is 10.1. The molecule has 5 nitrogen and oxygen atoms in total. The predicted molar refractivity (Wildman–Crippen MR) is 91.2 cm³/mol. The summed E-state index contributed by atoms with van der Waals surface area (Å²) < 4.78 is 5.05. The molecule has 2 aromatic carbocycles. The smallest absolute Gasteiger partial charge is 0.220 e. The molecule has 0 heterocycles. The standard InChI is InChI=1S/C19H21NO4/c1-13(14-3-7-16(21)8-4-14)20-19(23)12-11-18(22)15-5-9-17(24-2)10-6-15/h3-10,13,21H,11-12H2,1-2H3,(H,20,23). The van der Waals surface area contributed by atoms with E-state index in [1.807, 2.05) is 6.92 Å². The van der Waals surface area contributed by atoms with E-state index < -0.39 is 0 Å². The molecule has 0 radical (unpaired) electrons. The number of hydrogen-bond donors (Lipinski definition) is 2. The third kappa shape index (κ3) is 4.84. The Bertz CT molecular complexity index is 692. The second-order valence-electron chi connectivity index (χ2n) is 5.53. The number of Topliss-reactive ketones (excluding diaryl/α,β-unsaturated/α-hetero) is 1. The van der Waals surface area contributed by atoms with Gasteiger partial charge in [0.2, 0.25) is 5.91 Å². The first-order chi connectivity index (χ1) is 11.5. The first-order valence-electron chi connectivity index (χ1n) is 7.75. The van der Waals surface area contributed by atoms with E-state index in [1.165, 1.54) is 0 Å². The van der Waals surface area contributed by atoms with Crippen LogP contribution >= 0.6 is 0 Å². The van der Waals surface area contributed by atoms with Crippen LogP contribution in [0, 0.1) is 0 Å². The lowest BCUT2D eigenvalue weighted by molar-refractivity contribution is -0.121. The fourth-order valence-electron chi connectivity index (χ4n) is 2.31. The highest BCUT2D eigenvalue weighted by Crippen LogP contribution is 2.17. The number of methoxy groups -OCH3 is 1. The van der Waals surface area contributed by atoms with Gasteiger partial charge in [0.15, 0.2) is 5.78 Å². The molecule has 0 spiro atoms. The Balaban J connectivity index is 1.83. The van der Waals surface area contributed by atoms with Gasteiger partial charge in [-0.3, -0.25) is 9.59 Å². The van der Waals surface area contributed by atoms with Crippen molar-refractivity contribution in [2.45, 2.75) is 25.8 Å². The van der Waals surface area contributed by atoms with E-state index >= 15 is 0 Å². The fraction of sp³-hybridized carbons (Fsp3) is 0.263. The number of rotatable bonds is 7. The molecular formula is C19H21NO4. The fourth-order valence-corrected chi connectivity index (χ4v) is 2.31. The Morgan fingerprint density at radius 1 is 1.04 bits per heavy atom. The zero-order chi connectivity index (χ0) is 17.5. The van der Waals surface area contributed by atoms with Gasteiger partial charge in [-0.05, 0) is 48.9 Å². The van der Waals surface area contributed by atoms with Gasteiger partial charge < -0.3 is 15.2 Å². The number of phenolic OH excluding ortho intramolecular Hbond substituents is 1. The van der Waals surface area contributed by atoms with Gasteiger partial charge in [0.1, 0.15) is 11.5 Å². The zero-order valence-electron chi connectivity index (χ0n) is 13.8. The number of hydrogen-bond acceptors (Lipinski definition) is 4. The van der Waals surface area contributed by atoms with Crippen molar-refractivity contribution in [2.75, 3.05) is 7.11 Å². The van der Waals surface area contributed by atoms with Crippen LogP contribution < -0.4 is 10.1 Å². The predicted octanol–water partition coefficient (Wildman–Crippen LogP) is 3.24. The first kappa shape index (κ1) is 17.5. The Morgan fingerprint density at radius 3 is 2.25 bits per heavy atom. The van der Waals surface area contributed by atoms with Crippen LogP contribution in [-0.4, -0.2) is 23.9 Å². The molecule has 2 rings (SSSR count). The number of amides is 1. The number of aromatic hydroxyl groups is 1. The van der Waals surface area contributed by atoms with Crippen molar-refractivity contribution in [2.24, 2.45) is 0 Å². The summed E-state index contributed by atoms with van der Waals surface area (Å²) in [6.07, 6.45) is 0.285. The van der Waals surface area contributed by atoms with Crippen molar-refractivity contribution < 1.29 is 19.4 Å². The number of ketones is 1. The molecule has 2 aromatic rings. The van der Waals surface area contributed by atoms with E-state index in [2.05, 4.69) is 5.32 Å². The van der Waals surface area contributed by atoms with Crippen LogP contribution in [0.2, 0.25) is 0 Å². The van der Waals surface area contributed by atoms with Gasteiger partial charge in [-0.15, -0.1) is 0 Å². The Labute approximate surface area is 141 Å². The van der Waals surface area contributed by atoms with Gasteiger partial charge in [-0.2, -0.15) is 0 Å². The van der Waals surface area contributed by atoms with Crippen LogP contribution in [0.15, 0.2) is 48.5 Å². The molecule has 1 atom stereocenters. The van der Waals surface area contributed by atoms with E-state index in [9.17, 15) is 14.7 Å². The molecule has 5 heteroatoms. The molecule has 0 bridgehead atoms. The molecule has 1 amide bonds. The van der Waals surface area contributed by atoms with Gasteiger partial charge in [-0.25, -0.2) is 0 Å². The van der Waals surface area contributed by atoms with Crippen molar-refractivity contribution in [1.29, 1.82) is 0 Å². The van der Waals surface area contributed by atoms with Gasteiger partial charge >= 0.3 is 0 Å². The molecule has 0 fully saturated rings. The van der Waals surface area contributed by atoms with Crippen LogP contribution in [0.5, 0.6) is 11.5 Å². The lowest BCUT2D eigenvalue weighted by Gasteiger charge is -2.14. The normalized spacial score (nSPS) is 11.6. The number of phenols is 1. The number of benzene rings is 2. The molecule has 2 N–H and O–H groups in total. The Morgan fingerprint density at radius 2 is 1.67 bits per heavy atom. The summed E-state index contributed by atoms with van der Waals surface area (Å²) in [7, 11) is 1.57. The highest BCUT2D eigenvalue weighted by molar-refractivity contribution is 5.98. The molecule has 0 aliphatic heterocycles. The number of carbonyl (C=O) groups is 2. The maximum absolute atomic E-state index is 12.1. The maximum Gasteiger partial charge on any atom is 0.220 e. The van der Waals surface area contributed by atoms with Crippen LogP contribution in [0.1, 0.15) is 41.7 Å². The number of ether oxygens (including phenoxy) is 1. The maximum atomic E-state index is 12.1. The van der Waals surface area contributed by atoms with Crippen molar-refractivity contribution in [1.82, 2.24) is 5.32 Å². The third-order valence-electron chi connectivity index (χ3n) is 3.76. The van der Waals surface area contributed by atoms with Crippen LogP contribution in [0.3, 0.4) is 0 Å². The highest BCUT2D eigenvalue weighted by atomic mass is 16.5. The minimum atomic E-state index is -0.186. The van der Waals surface area contributed by atoms with Crippen LogP contribution in [0.4, 0.5) is 0 Å². The topological polar surface area (TPSA) is 75.6 Å². The van der Waals surface area contributed by atoms with E-state index in [1.54, 1.807) is 55.6 Å². The second-order valence-corrected chi connectivity index (χ2v) is 5.53. The summed E-state index contributed by atoms with van der Waals surface area (Å²) in [5.74, 6) is 0.608. The molecule has 0 aliphatic carbocycles. The van der Waals surface area contributed by atoms with E-state index in [4.69, 9.17) is 4.74 Å². The van der Waals surface area contributed by atoms with Crippen LogP contribution in [0.25, 0.3) is 0 Å². The first-order valence-corrected chi connectivity index (χ1v) is 7.75. The molecule has 24 heavy (non-hydrogen) atoms. The van der Waals surface area contributed by atoms with Crippen molar-refractivity contribution >= 4 is 11.7 Å². The van der Waals surface area contributed by atoms with Gasteiger partial charge in [0, 0.05) is 18.4 Å². The summed E-state index contributed by atoms with van der Waals surface area (Å²) in [5.41, 5.74) is 1.46. The van der Waals surface area contributed by atoms with Crippen LogP contribution in [-0.2, 0) is 4.79 Å². The van der Waals surface area contributed by atoms with Gasteiger partial charge in [-0.1, -0.05) is 12.1 Å².